The molecule has 4 heteroatoms. The van der Waals surface area contributed by atoms with Gasteiger partial charge in [0.05, 0.1) is 0 Å². The van der Waals surface area contributed by atoms with E-state index in [2.05, 4.69) is 42.2 Å². The number of nitrogens with zero attached hydrogens (tertiary/aromatic N) is 3. The van der Waals surface area contributed by atoms with Gasteiger partial charge in [0, 0.05) is 32.1 Å². The van der Waals surface area contributed by atoms with Crippen LogP contribution < -0.4 is 10.2 Å². The van der Waals surface area contributed by atoms with Crippen LogP contribution in [0, 0.1) is 0 Å². The van der Waals surface area contributed by atoms with Crippen LogP contribution in [-0.4, -0.2) is 30.1 Å². The molecule has 1 aliphatic rings. The molecule has 0 amide bonds. The molecule has 0 atom stereocenters. The van der Waals surface area contributed by atoms with Gasteiger partial charge in [0.1, 0.15) is 17.5 Å². The van der Waals surface area contributed by atoms with Crippen LogP contribution >= 0.6 is 0 Å². The molecule has 1 aromatic heterocycles. The molecule has 0 radical (unpaired) electrons. The largest absolute Gasteiger partial charge is 0.373 e. The van der Waals surface area contributed by atoms with Gasteiger partial charge < -0.3 is 10.2 Å². The predicted molar refractivity (Wildman–Crippen MR) is 80.9 cm³/mol. The lowest BCUT2D eigenvalue weighted by atomic mass is 9.94. The minimum atomic E-state index is 0.354. The van der Waals surface area contributed by atoms with E-state index >= 15 is 0 Å². The monoisotopic (exact) mass is 262 g/mol. The Morgan fingerprint density at radius 2 is 1.89 bits per heavy atom. The molecular formula is C15H26N4. The highest BCUT2D eigenvalue weighted by Gasteiger charge is 2.20. The number of rotatable bonds is 4. The summed E-state index contributed by atoms with van der Waals surface area (Å²) in [6, 6.07) is 2.69. The maximum atomic E-state index is 4.73. The average Bonchev–Trinajstić information content (AvgIpc) is 2.46. The van der Waals surface area contributed by atoms with Crippen molar-refractivity contribution in [2.45, 2.75) is 57.9 Å². The summed E-state index contributed by atoms with van der Waals surface area (Å²) in [7, 11) is 4.08. The normalized spacial score (nSPS) is 16.7. The van der Waals surface area contributed by atoms with E-state index in [1.54, 1.807) is 0 Å². The Kier molecular flexibility index (Phi) is 4.61. The molecule has 1 fully saturated rings. The van der Waals surface area contributed by atoms with Gasteiger partial charge >= 0.3 is 0 Å². The van der Waals surface area contributed by atoms with Crippen molar-refractivity contribution in [2.24, 2.45) is 0 Å². The lowest BCUT2D eigenvalue weighted by molar-refractivity contribution is 0.425. The number of anilines is 2. The first kappa shape index (κ1) is 14.1. The molecule has 19 heavy (non-hydrogen) atoms. The van der Waals surface area contributed by atoms with Crippen LogP contribution in [-0.2, 0) is 0 Å². The minimum Gasteiger partial charge on any atom is -0.373 e. The van der Waals surface area contributed by atoms with E-state index < -0.39 is 0 Å². The average molecular weight is 262 g/mol. The summed E-state index contributed by atoms with van der Waals surface area (Å²) < 4.78 is 0. The van der Waals surface area contributed by atoms with Crippen molar-refractivity contribution < 1.29 is 0 Å². The Morgan fingerprint density at radius 3 is 2.47 bits per heavy atom. The maximum Gasteiger partial charge on any atom is 0.135 e. The molecule has 0 spiro atoms. The van der Waals surface area contributed by atoms with Crippen LogP contribution in [0.15, 0.2) is 6.07 Å². The zero-order chi connectivity index (χ0) is 13.8. The summed E-state index contributed by atoms with van der Waals surface area (Å²) in [5, 5.41) is 3.14. The maximum absolute atomic E-state index is 4.73. The second-order valence-corrected chi connectivity index (χ2v) is 5.78. The summed E-state index contributed by atoms with van der Waals surface area (Å²) >= 11 is 0. The van der Waals surface area contributed by atoms with Crippen LogP contribution in [0.4, 0.5) is 11.6 Å². The second kappa shape index (κ2) is 6.22. The second-order valence-electron chi connectivity index (χ2n) is 5.78. The summed E-state index contributed by atoms with van der Waals surface area (Å²) in [6.07, 6.45) is 6.64. The van der Waals surface area contributed by atoms with Gasteiger partial charge in [-0.3, -0.25) is 0 Å². The number of hydrogen-bond donors (Lipinski definition) is 1. The molecule has 0 bridgehead atoms. The summed E-state index contributed by atoms with van der Waals surface area (Å²) in [5.41, 5.74) is 0. The third kappa shape index (κ3) is 3.37. The van der Waals surface area contributed by atoms with Crippen LogP contribution in [0.25, 0.3) is 0 Å². The third-order valence-electron chi connectivity index (χ3n) is 3.99. The van der Waals surface area contributed by atoms with Crippen molar-refractivity contribution in [1.82, 2.24) is 9.97 Å². The first-order valence-electron chi connectivity index (χ1n) is 7.41. The Labute approximate surface area is 116 Å². The molecule has 1 aliphatic carbocycles. The van der Waals surface area contributed by atoms with Gasteiger partial charge in [-0.05, 0) is 12.8 Å². The van der Waals surface area contributed by atoms with Gasteiger partial charge in [-0.15, -0.1) is 0 Å². The SMILES string of the molecule is CNc1cc(N(C)C2CCCCC2)nc(C(C)C)n1. The first-order valence-corrected chi connectivity index (χ1v) is 7.41. The van der Waals surface area contributed by atoms with E-state index in [4.69, 9.17) is 4.98 Å². The summed E-state index contributed by atoms with van der Waals surface area (Å²) in [5.74, 6) is 3.24. The number of nitrogens with one attached hydrogen (secondary N) is 1. The van der Waals surface area contributed by atoms with Gasteiger partial charge in [0.2, 0.25) is 0 Å². The lowest BCUT2D eigenvalue weighted by Gasteiger charge is -2.32. The van der Waals surface area contributed by atoms with Crippen molar-refractivity contribution in [2.75, 3.05) is 24.3 Å². The smallest absolute Gasteiger partial charge is 0.135 e. The van der Waals surface area contributed by atoms with E-state index in [9.17, 15) is 0 Å². The van der Waals surface area contributed by atoms with Crippen LogP contribution in [0.1, 0.15) is 57.7 Å². The molecule has 0 aliphatic heterocycles. The van der Waals surface area contributed by atoms with Crippen LogP contribution in [0.3, 0.4) is 0 Å². The molecular weight excluding hydrogens is 236 g/mol. The fraction of sp³-hybridized carbons (Fsp3) is 0.733. The van der Waals surface area contributed by atoms with Gasteiger partial charge in [-0.1, -0.05) is 33.1 Å². The predicted octanol–water partition coefficient (Wildman–Crippen LogP) is 3.41. The van der Waals surface area contributed by atoms with Crippen molar-refractivity contribution in [3.63, 3.8) is 0 Å². The molecule has 1 heterocycles. The zero-order valence-corrected chi connectivity index (χ0v) is 12.6. The van der Waals surface area contributed by atoms with E-state index in [1.807, 2.05) is 7.05 Å². The quantitative estimate of drug-likeness (QED) is 0.903. The standard InChI is InChI=1S/C15H26N4/c1-11(2)15-17-13(16-3)10-14(18-15)19(4)12-8-6-5-7-9-12/h10-12H,5-9H2,1-4H3,(H,16,17,18). The first-order chi connectivity index (χ1) is 9.11. The van der Waals surface area contributed by atoms with Crippen molar-refractivity contribution in [3.05, 3.63) is 11.9 Å². The van der Waals surface area contributed by atoms with Crippen LogP contribution in [0.2, 0.25) is 0 Å². The molecule has 1 N–H and O–H groups in total. The Morgan fingerprint density at radius 1 is 1.21 bits per heavy atom. The third-order valence-corrected chi connectivity index (χ3v) is 3.99. The Balaban J connectivity index is 2.24. The molecule has 1 aromatic rings. The molecule has 1 saturated carbocycles. The highest BCUT2D eigenvalue weighted by molar-refractivity contribution is 5.49. The lowest BCUT2D eigenvalue weighted by Crippen LogP contribution is -2.34. The number of hydrogen-bond acceptors (Lipinski definition) is 4. The van der Waals surface area contributed by atoms with E-state index in [0.717, 1.165) is 17.5 Å². The molecule has 106 valence electrons. The van der Waals surface area contributed by atoms with Gasteiger partial charge in [0.25, 0.3) is 0 Å². The van der Waals surface area contributed by atoms with Crippen LogP contribution in [0.5, 0.6) is 0 Å². The number of aromatic nitrogens is 2. The van der Waals surface area contributed by atoms with Crippen molar-refractivity contribution in [1.29, 1.82) is 0 Å². The summed E-state index contributed by atoms with van der Waals surface area (Å²) in [4.78, 5) is 11.6. The van der Waals surface area contributed by atoms with Gasteiger partial charge in [-0.25, -0.2) is 9.97 Å². The van der Waals surface area contributed by atoms with E-state index in [0.29, 0.717) is 12.0 Å². The highest BCUT2D eigenvalue weighted by Crippen LogP contribution is 2.27. The van der Waals surface area contributed by atoms with E-state index in [-0.39, 0.29) is 0 Å². The molecule has 4 nitrogen and oxygen atoms in total. The topological polar surface area (TPSA) is 41.0 Å². The Hall–Kier alpha value is -1.32. The fourth-order valence-electron chi connectivity index (χ4n) is 2.67. The van der Waals surface area contributed by atoms with Crippen molar-refractivity contribution >= 4 is 11.6 Å². The molecule has 0 aromatic carbocycles. The summed E-state index contributed by atoms with van der Waals surface area (Å²) in [6.45, 7) is 4.28. The fourth-order valence-corrected chi connectivity index (χ4v) is 2.67. The minimum absolute atomic E-state index is 0.354. The Bertz CT molecular complexity index is 411. The molecule has 0 unspecified atom stereocenters. The highest BCUT2D eigenvalue weighted by atomic mass is 15.2. The zero-order valence-electron chi connectivity index (χ0n) is 12.6. The van der Waals surface area contributed by atoms with Gasteiger partial charge in [0.15, 0.2) is 0 Å². The molecule has 2 rings (SSSR count). The van der Waals surface area contributed by atoms with E-state index in [1.165, 1.54) is 32.1 Å². The molecule has 0 saturated heterocycles. The van der Waals surface area contributed by atoms with Gasteiger partial charge in [-0.2, -0.15) is 0 Å². The van der Waals surface area contributed by atoms with Crippen molar-refractivity contribution in [3.8, 4) is 0 Å².